The molecule has 0 atom stereocenters. The van der Waals surface area contributed by atoms with Crippen LogP contribution >= 0.6 is 0 Å². The Morgan fingerprint density at radius 3 is 2.79 bits per heavy atom. The predicted molar refractivity (Wildman–Crippen MR) is 74.4 cm³/mol. The second-order valence-electron chi connectivity index (χ2n) is 4.25. The van der Waals surface area contributed by atoms with Crippen molar-refractivity contribution in [3.05, 3.63) is 60.3 Å². The van der Waals surface area contributed by atoms with Crippen molar-refractivity contribution >= 4 is 22.5 Å². The smallest absolute Gasteiger partial charge is 0.255 e. The van der Waals surface area contributed by atoms with E-state index in [-0.39, 0.29) is 11.7 Å². The molecule has 3 N–H and O–H groups in total. The van der Waals surface area contributed by atoms with Crippen molar-refractivity contribution in [2.75, 3.05) is 5.32 Å². The maximum atomic E-state index is 12.1. The zero-order chi connectivity index (χ0) is 13.2. The fourth-order valence-corrected chi connectivity index (χ4v) is 1.97. The first-order chi connectivity index (χ1) is 9.24. The highest BCUT2D eigenvalue weighted by atomic mass is 16.3. The molecule has 4 nitrogen and oxygen atoms in total. The number of rotatable bonds is 2. The number of benzene rings is 2. The second-order valence-corrected chi connectivity index (χ2v) is 4.25. The van der Waals surface area contributed by atoms with Gasteiger partial charge >= 0.3 is 0 Å². The number of nitrogens with one attached hydrogen (secondary N) is 2. The third kappa shape index (κ3) is 2.15. The molecule has 3 aromatic rings. The number of anilines is 1. The van der Waals surface area contributed by atoms with Gasteiger partial charge in [-0.3, -0.25) is 4.79 Å². The van der Waals surface area contributed by atoms with Crippen LogP contribution < -0.4 is 5.32 Å². The van der Waals surface area contributed by atoms with Gasteiger partial charge in [-0.1, -0.05) is 12.1 Å². The summed E-state index contributed by atoms with van der Waals surface area (Å²) >= 11 is 0. The first-order valence-electron chi connectivity index (χ1n) is 5.90. The Morgan fingerprint density at radius 2 is 1.95 bits per heavy atom. The minimum absolute atomic E-state index is 0.0542. The van der Waals surface area contributed by atoms with E-state index >= 15 is 0 Å². The SMILES string of the molecule is O=C(Nc1ccccc1O)c1ccc2[nH]ccc2c1. The highest BCUT2D eigenvalue weighted by molar-refractivity contribution is 6.06. The lowest BCUT2D eigenvalue weighted by Crippen LogP contribution is -2.11. The van der Waals surface area contributed by atoms with Crippen molar-refractivity contribution in [1.29, 1.82) is 0 Å². The first kappa shape index (κ1) is 11.3. The van der Waals surface area contributed by atoms with Crippen molar-refractivity contribution in [2.24, 2.45) is 0 Å². The molecule has 0 aliphatic rings. The van der Waals surface area contributed by atoms with E-state index in [1.807, 2.05) is 18.3 Å². The largest absolute Gasteiger partial charge is 0.506 e. The minimum Gasteiger partial charge on any atom is -0.506 e. The number of H-pyrrole nitrogens is 1. The number of aromatic amines is 1. The third-order valence-corrected chi connectivity index (χ3v) is 2.97. The van der Waals surface area contributed by atoms with Crippen molar-refractivity contribution in [2.45, 2.75) is 0 Å². The number of hydrogen-bond acceptors (Lipinski definition) is 2. The molecule has 0 radical (unpaired) electrons. The Balaban J connectivity index is 1.89. The van der Waals surface area contributed by atoms with Gasteiger partial charge in [0, 0.05) is 22.7 Å². The van der Waals surface area contributed by atoms with Crippen LogP contribution in [0.15, 0.2) is 54.7 Å². The van der Waals surface area contributed by atoms with E-state index in [1.165, 1.54) is 6.07 Å². The number of fused-ring (bicyclic) bond motifs is 1. The number of aromatic hydroxyl groups is 1. The van der Waals surface area contributed by atoms with Crippen LogP contribution in [0, 0.1) is 0 Å². The average molecular weight is 252 g/mol. The average Bonchev–Trinajstić information content (AvgIpc) is 2.88. The van der Waals surface area contributed by atoms with Gasteiger partial charge in [0.25, 0.3) is 5.91 Å². The zero-order valence-electron chi connectivity index (χ0n) is 10.1. The number of carbonyl (C=O) groups excluding carboxylic acids is 1. The summed E-state index contributed by atoms with van der Waals surface area (Å²) < 4.78 is 0. The van der Waals surface area contributed by atoms with Gasteiger partial charge in [0.15, 0.2) is 0 Å². The molecule has 2 aromatic carbocycles. The lowest BCUT2D eigenvalue weighted by atomic mass is 10.1. The molecule has 0 aliphatic heterocycles. The van der Waals surface area contributed by atoms with Crippen LogP contribution in [0.5, 0.6) is 5.75 Å². The Labute approximate surface area is 109 Å². The molecule has 0 saturated heterocycles. The van der Waals surface area contributed by atoms with Crippen LogP contribution in [0.2, 0.25) is 0 Å². The molecule has 0 saturated carbocycles. The number of aromatic nitrogens is 1. The minimum atomic E-state index is -0.246. The van der Waals surface area contributed by atoms with Gasteiger partial charge < -0.3 is 15.4 Å². The van der Waals surface area contributed by atoms with Crippen LogP contribution in [-0.4, -0.2) is 16.0 Å². The molecule has 0 spiro atoms. The molecule has 3 rings (SSSR count). The van der Waals surface area contributed by atoms with Crippen LogP contribution in [0.25, 0.3) is 10.9 Å². The molecule has 1 heterocycles. The topological polar surface area (TPSA) is 65.1 Å². The number of phenolic OH excluding ortho intramolecular Hbond substituents is 1. The summed E-state index contributed by atoms with van der Waals surface area (Å²) in [5, 5.41) is 13.3. The molecule has 1 amide bonds. The van der Waals surface area contributed by atoms with Crippen LogP contribution in [-0.2, 0) is 0 Å². The summed E-state index contributed by atoms with van der Waals surface area (Å²) in [5.41, 5.74) is 1.94. The molecule has 0 fully saturated rings. The van der Waals surface area contributed by atoms with Gasteiger partial charge in [-0.2, -0.15) is 0 Å². The maximum absolute atomic E-state index is 12.1. The molecule has 0 aliphatic carbocycles. The lowest BCUT2D eigenvalue weighted by molar-refractivity contribution is 0.102. The number of phenols is 1. The molecular formula is C15H12N2O2. The molecule has 0 bridgehead atoms. The van der Waals surface area contributed by atoms with Crippen LogP contribution in [0.1, 0.15) is 10.4 Å². The van der Waals surface area contributed by atoms with Crippen molar-refractivity contribution < 1.29 is 9.90 Å². The van der Waals surface area contributed by atoms with Gasteiger partial charge in [-0.15, -0.1) is 0 Å². The summed E-state index contributed by atoms with van der Waals surface area (Å²) in [4.78, 5) is 15.2. The predicted octanol–water partition coefficient (Wildman–Crippen LogP) is 3.13. The summed E-state index contributed by atoms with van der Waals surface area (Å²) in [6.07, 6.45) is 1.83. The van der Waals surface area contributed by atoms with E-state index in [2.05, 4.69) is 10.3 Å². The Morgan fingerprint density at radius 1 is 1.11 bits per heavy atom. The van der Waals surface area contributed by atoms with Gasteiger partial charge in [-0.25, -0.2) is 0 Å². The number of para-hydroxylation sites is 2. The molecule has 94 valence electrons. The standard InChI is InChI=1S/C15H12N2O2/c18-14-4-2-1-3-13(14)17-15(19)11-5-6-12-10(9-11)7-8-16-12/h1-9,16,18H,(H,17,19). The van der Waals surface area contributed by atoms with E-state index in [0.29, 0.717) is 11.3 Å². The lowest BCUT2D eigenvalue weighted by Gasteiger charge is -2.07. The van der Waals surface area contributed by atoms with E-state index in [4.69, 9.17) is 0 Å². The molecular weight excluding hydrogens is 240 g/mol. The van der Waals surface area contributed by atoms with Crippen LogP contribution in [0.3, 0.4) is 0 Å². The Bertz CT molecular complexity index is 746. The summed E-state index contributed by atoms with van der Waals surface area (Å²) in [6, 6.07) is 14.0. The number of amides is 1. The Kier molecular flexibility index (Phi) is 2.68. The van der Waals surface area contributed by atoms with Gasteiger partial charge in [0.05, 0.1) is 5.69 Å². The normalized spacial score (nSPS) is 10.5. The quantitative estimate of drug-likeness (QED) is 0.613. The van der Waals surface area contributed by atoms with E-state index in [0.717, 1.165) is 10.9 Å². The zero-order valence-corrected chi connectivity index (χ0v) is 10.1. The number of carbonyl (C=O) groups is 1. The van der Waals surface area contributed by atoms with E-state index < -0.39 is 0 Å². The van der Waals surface area contributed by atoms with E-state index in [1.54, 1.807) is 30.3 Å². The van der Waals surface area contributed by atoms with Gasteiger partial charge in [0.2, 0.25) is 0 Å². The molecule has 4 heteroatoms. The molecule has 19 heavy (non-hydrogen) atoms. The van der Waals surface area contributed by atoms with Gasteiger partial charge in [0.1, 0.15) is 5.75 Å². The first-order valence-corrected chi connectivity index (χ1v) is 5.90. The van der Waals surface area contributed by atoms with Crippen molar-refractivity contribution in [3.63, 3.8) is 0 Å². The summed E-state index contributed by atoms with van der Waals surface area (Å²) in [6.45, 7) is 0. The highest BCUT2D eigenvalue weighted by Crippen LogP contribution is 2.22. The summed E-state index contributed by atoms with van der Waals surface area (Å²) in [5.74, 6) is -0.192. The second kappa shape index (κ2) is 4.49. The van der Waals surface area contributed by atoms with Crippen molar-refractivity contribution in [3.8, 4) is 5.75 Å². The van der Waals surface area contributed by atoms with E-state index in [9.17, 15) is 9.90 Å². The maximum Gasteiger partial charge on any atom is 0.255 e. The summed E-state index contributed by atoms with van der Waals surface area (Å²) in [7, 11) is 0. The third-order valence-electron chi connectivity index (χ3n) is 2.97. The molecule has 0 unspecified atom stereocenters. The van der Waals surface area contributed by atoms with Crippen LogP contribution in [0.4, 0.5) is 5.69 Å². The molecule has 1 aromatic heterocycles. The van der Waals surface area contributed by atoms with Gasteiger partial charge in [-0.05, 0) is 36.4 Å². The fourth-order valence-electron chi connectivity index (χ4n) is 1.97. The Hall–Kier alpha value is -2.75. The number of hydrogen-bond donors (Lipinski definition) is 3. The fraction of sp³-hybridized carbons (Fsp3) is 0. The van der Waals surface area contributed by atoms with Crippen molar-refractivity contribution in [1.82, 2.24) is 4.98 Å². The highest BCUT2D eigenvalue weighted by Gasteiger charge is 2.09. The monoisotopic (exact) mass is 252 g/mol.